The molecule has 2 fully saturated rings. The molecule has 0 spiro atoms. The van der Waals surface area contributed by atoms with Crippen molar-refractivity contribution in [2.75, 3.05) is 26.7 Å². The minimum Gasteiger partial charge on any atom is -0.496 e. The number of para-hydroxylation sites is 1. The van der Waals surface area contributed by atoms with Crippen molar-refractivity contribution in [3.63, 3.8) is 0 Å². The van der Waals surface area contributed by atoms with E-state index in [0.717, 1.165) is 44.5 Å². The molecule has 2 aromatic rings. The molecule has 7 nitrogen and oxygen atoms in total. The zero-order valence-electron chi connectivity index (χ0n) is 16.9. The number of aromatic nitrogens is 3. The fourth-order valence-electron chi connectivity index (χ4n) is 4.65. The summed E-state index contributed by atoms with van der Waals surface area (Å²) >= 11 is 0. The second-order valence-electron chi connectivity index (χ2n) is 7.94. The van der Waals surface area contributed by atoms with Gasteiger partial charge in [0, 0.05) is 17.5 Å². The zero-order chi connectivity index (χ0) is 19.4. The first kappa shape index (κ1) is 21.6. The molecule has 158 valence electrons. The smallest absolute Gasteiger partial charge is 0.273 e. The van der Waals surface area contributed by atoms with E-state index < -0.39 is 0 Å². The van der Waals surface area contributed by atoms with Crippen LogP contribution in [0.25, 0.3) is 0 Å². The number of ether oxygens (including phenoxy) is 1. The summed E-state index contributed by atoms with van der Waals surface area (Å²) in [6.45, 7) is 2.55. The van der Waals surface area contributed by atoms with Gasteiger partial charge < -0.3 is 15.4 Å². The van der Waals surface area contributed by atoms with Gasteiger partial charge in [0.1, 0.15) is 5.75 Å². The lowest BCUT2D eigenvalue weighted by molar-refractivity contribution is 0.0937. The quantitative estimate of drug-likeness (QED) is 0.752. The van der Waals surface area contributed by atoms with Gasteiger partial charge in [-0.05, 0) is 44.8 Å². The van der Waals surface area contributed by atoms with Gasteiger partial charge in [0.05, 0.1) is 19.3 Å². The minimum absolute atomic E-state index is 0. The Labute approximate surface area is 178 Å². The SMILES string of the molecule is COc1ccccc1C1(CNC(=O)c2cn(C3CCNCC3)nn2)CCCC1.Cl. The Morgan fingerprint density at radius 3 is 2.72 bits per heavy atom. The van der Waals surface area contributed by atoms with Gasteiger partial charge in [-0.1, -0.05) is 36.3 Å². The average molecular weight is 420 g/mol. The molecule has 2 heterocycles. The number of nitrogens with one attached hydrogen (secondary N) is 2. The van der Waals surface area contributed by atoms with E-state index in [1.54, 1.807) is 13.3 Å². The lowest BCUT2D eigenvalue weighted by Gasteiger charge is -2.31. The first-order chi connectivity index (χ1) is 13.7. The number of carbonyl (C=O) groups is 1. The Morgan fingerprint density at radius 1 is 1.28 bits per heavy atom. The molecule has 1 saturated carbocycles. The third-order valence-electron chi connectivity index (χ3n) is 6.25. The summed E-state index contributed by atoms with van der Waals surface area (Å²) in [6.07, 6.45) is 8.25. The summed E-state index contributed by atoms with van der Waals surface area (Å²) in [4.78, 5) is 12.8. The number of nitrogens with zero attached hydrogens (tertiary/aromatic N) is 3. The Balaban J connectivity index is 0.00000240. The third kappa shape index (κ3) is 4.56. The molecule has 2 aliphatic rings. The number of methoxy groups -OCH3 is 1. The highest BCUT2D eigenvalue weighted by atomic mass is 35.5. The van der Waals surface area contributed by atoms with E-state index >= 15 is 0 Å². The predicted octanol–water partition coefficient (Wildman–Crippen LogP) is 2.87. The maximum atomic E-state index is 12.8. The van der Waals surface area contributed by atoms with Crippen LogP contribution >= 0.6 is 12.4 Å². The molecule has 1 aromatic heterocycles. The minimum atomic E-state index is -0.152. The molecule has 29 heavy (non-hydrogen) atoms. The van der Waals surface area contributed by atoms with Crippen LogP contribution in [-0.2, 0) is 5.41 Å². The molecule has 1 aliphatic carbocycles. The Bertz CT molecular complexity index is 813. The van der Waals surface area contributed by atoms with Gasteiger partial charge in [0.15, 0.2) is 5.69 Å². The number of benzene rings is 1. The van der Waals surface area contributed by atoms with E-state index in [4.69, 9.17) is 4.74 Å². The molecule has 1 aromatic carbocycles. The Kier molecular flexibility index (Phi) is 7.14. The van der Waals surface area contributed by atoms with Crippen molar-refractivity contribution in [3.05, 3.63) is 41.7 Å². The molecule has 1 amide bonds. The number of hydrogen-bond acceptors (Lipinski definition) is 5. The lowest BCUT2D eigenvalue weighted by atomic mass is 9.78. The highest BCUT2D eigenvalue weighted by Crippen LogP contribution is 2.44. The summed E-state index contributed by atoms with van der Waals surface area (Å²) in [5, 5.41) is 14.8. The second-order valence-corrected chi connectivity index (χ2v) is 7.94. The van der Waals surface area contributed by atoms with Crippen LogP contribution < -0.4 is 15.4 Å². The van der Waals surface area contributed by atoms with Crippen molar-refractivity contribution >= 4 is 18.3 Å². The number of halogens is 1. The van der Waals surface area contributed by atoms with Crippen molar-refractivity contribution < 1.29 is 9.53 Å². The van der Waals surface area contributed by atoms with Crippen molar-refractivity contribution in [1.82, 2.24) is 25.6 Å². The highest BCUT2D eigenvalue weighted by molar-refractivity contribution is 5.91. The number of hydrogen-bond donors (Lipinski definition) is 2. The molecule has 0 atom stereocenters. The average Bonchev–Trinajstić information content (AvgIpc) is 3.43. The van der Waals surface area contributed by atoms with Crippen LogP contribution in [0.4, 0.5) is 0 Å². The monoisotopic (exact) mass is 419 g/mol. The number of amides is 1. The van der Waals surface area contributed by atoms with E-state index in [9.17, 15) is 4.79 Å². The molecule has 0 radical (unpaired) electrons. The van der Waals surface area contributed by atoms with Gasteiger partial charge in [-0.2, -0.15) is 0 Å². The predicted molar refractivity (Wildman–Crippen MR) is 114 cm³/mol. The van der Waals surface area contributed by atoms with Crippen LogP contribution in [0, 0.1) is 0 Å². The van der Waals surface area contributed by atoms with E-state index in [1.807, 2.05) is 22.9 Å². The molecule has 0 bridgehead atoms. The fraction of sp³-hybridized carbons (Fsp3) is 0.571. The van der Waals surface area contributed by atoms with E-state index in [2.05, 4.69) is 27.0 Å². The van der Waals surface area contributed by atoms with Crippen LogP contribution in [0.3, 0.4) is 0 Å². The normalized spacial score (nSPS) is 18.8. The van der Waals surface area contributed by atoms with Gasteiger partial charge in [-0.3, -0.25) is 4.79 Å². The number of rotatable bonds is 6. The Hall–Kier alpha value is -2.12. The standard InChI is InChI=1S/C21H29N5O2.ClH/c1-28-19-7-3-2-6-17(19)21(10-4-5-11-21)15-23-20(27)18-14-26(25-24-18)16-8-12-22-13-9-16;/h2-3,6-7,14,16,22H,4-5,8-13,15H2,1H3,(H,23,27);1H. The molecule has 1 aliphatic heterocycles. The molecule has 0 unspecified atom stereocenters. The van der Waals surface area contributed by atoms with Gasteiger partial charge in [0.25, 0.3) is 5.91 Å². The number of carbonyl (C=O) groups excluding carboxylic acids is 1. The van der Waals surface area contributed by atoms with Gasteiger partial charge in [-0.25, -0.2) is 4.68 Å². The van der Waals surface area contributed by atoms with Gasteiger partial charge >= 0.3 is 0 Å². The Morgan fingerprint density at radius 2 is 2.00 bits per heavy atom. The van der Waals surface area contributed by atoms with Crippen molar-refractivity contribution in [2.24, 2.45) is 0 Å². The van der Waals surface area contributed by atoms with E-state index in [1.165, 1.54) is 18.4 Å². The summed E-state index contributed by atoms with van der Waals surface area (Å²) in [5.41, 5.74) is 1.51. The molecule has 8 heteroatoms. The number of piperidine rings is 1. The van der Waals surface area contributed by atoms with Crippen molar-refractivity contribution in [2.45, 2.75) is 50.0 Å². The van der Waals surface area contributed by atoms with E-state index in [0.29, 0.717) is 18.3 Å². The molecule has 1 saturated heterocycles. The molecular weight excluding hydrogens is 390 g/mol. The van der Waals surface area contributed by atoms with Gasteiger partial charge in [0.2, 0.25) is 0 Å². The first-order valence-electron chi connectivity index (χ1n) is 10.3. The zero-order valence-corrected chi connectivity index (χ0v) is 17.7. The van der Waals surface area contributed by atoms with Crippen LogP contribution in [0.5, 0.6) is 5.75 Å². The summed E-state index contributed by atoms with van der Waals surface area (Å²) in [5.74, 6) is 0.747. The maximum absolute atomic E-state index is 12.8. The summed E-state index contributed by atoms with van der Waals surface area (Å²) < 4.78 is 7.45. The highest BCUT2D eigenvalue weighted by Gasteiger charge is 2.38. The maximum Gasteiger partial charge on any atom is 0.273 e. The van der Waals surface area contributed by atoms with Crippen LogP contribution in [0.15, 0.2) is 30.5 Å². The summed E-state index contributed by atoms with van der Waals surface area (Å²) in [7, 11) is 1.71. The van der Waals surface area contributed by atoms with Crippen LogP contribution in [0.2, 0.25) is 0 Å². The fourth-order valence-corrected chi connectivity index (χ4v) is 4.65. The molecular formula is C21H30ClN5O2. The van der Waals surface area contributed by atoms with Crippen LogP contribution in [0.1, 0.15) is 60.6 Å². The topological polar surface area (TPSA) is 81.1 Å². The van der Waals surface area contributed by atoms with Gasteiger partial charge in [-0.15, -0.1) is 17.5 Å². The second kappa shape index (κ2) is 9.59. The van der Waals surface area contributed by atoms with Crippen molar-refractivity contribution in [3.8, 4) is 5.75 Å². The molecule has 2 N–H and O–H groups in total. The lowest BCUT2D eigenvalue weighted by Crippen LogP contribution is -2.39. The van der Waals surface area contributed by atoms with E-state index in [-0.39, 0.29) is 23.7 Å². The first-order valence-corrected chi connectivity index (χ1v) is 10.3. The largest absolute Gasteiger partial charge is 0.496 e. The third-order valence-corrected chi connectivity index (χ3v) is 6.25. The summed E-state index contributed by atoms with van der Waals surface area (Å²) in [6, 6.07) is 8.49. The van der Waals surface area contributed by atoms with Crippen molar-refractivity contribution in [1.29, 1.82) is 0 Å². The van der Waals surface area contributed by atoms with Crippen LogP contribution in [-0.4, -0.2) is 47.6 Å². The molecule has 4 rings (SSSR count).